The Morgan fingerprint density at radius 1 is 1.21 bits per heavy atom. The Kier molecular flexibility index (Phi) is 4.03. The van der Waals surface area contributed by atoms with E-state index in [1.807, 2.05) is 30.3 Å². The molecule has 0 spiro atoms. The topological polar surface area (TPSA) is 64.3 Å². The molecule has 0 heterocycles. The zero-order chi connectivity index (χ0) is 13.7. The summed E-state index contributed by atoms with van der Waals surface area (Å²) < 4.78 is 5.17. The molecule has 0 saturated carbocycles. The third-order valence-corrected chi connectivity index (χ3v) is 2.78. The summed E-state index contributed by atoms with van der Waals surface area (Å²) in [6.07, 6.45) is 0. The number of hydrogen-bond acceptors (Lipinski definition) is 3. The molecule has 0 saturated heterocycles. The Morgan fingerprint density at radius 2 is 2.00 bits per heavy atom. The van der Waals surface area contributed by atoms with Gasteiger partial charge >= 0.3 is 0 Å². The number of ether oxygens (including phenoxy) is 1. The summed E-state index contributed by atoms with van der Waals surface area (Å²) in [6.45, 7) is 0.652. The first kappa shape index (κ1) is 13.0. The summed E-state index contributed by atoms with van der Waals surface area (Å²) in [5.74, 6) is 0.398. The fourth-order valence-electron chi connectivity index (χ4n) is 1.77. The van der Waals surface area contributed by atoms with Crippen molar-refractivity contribution in [3.63, 3.8) is 0 Å². The number of methoxy groups -OCH3 is 1. The maximum absolute atomic E-state index is 11.1. The van der Waals surface area contributed by atoms with E-state index in [-0.39, 0.29) is 0 Å². The van der Waals surface area contributed by atoms with Gasteiger partial charge in [-0.05, 0) is 35.9 Å². The maximum atomic E-state index is 11.1. The molecule has 0 atom stereocenters. The lowest BCUT2D eigenvalue weighted by molar-refractivity contribution is 0.100. The molecule has 19 heavy (non-hydrogen) atoms. The van der Waals surface area contributed by atoms with E-state index in [2.05, 4.69) is 5.32 Å². The molecule has 0 aliphatic heterocycles. The minimum atomic E-state index is -0.426. The summed E-state index contributed by atoms with van der Waals surface area (Å²) >= 11 is 0. The number of carbonyl (C=O) groups is 1. The van der Waals surface area contributed by atoms with Crippen molar-refractivity contribution in [1.29, 1.82) is 0 Å². The molecule has 4 heteroatoms. The van der Waals surface area contributed by atoms with Crippen molar-refractivity contribution in [3.05, 3.63) is 59.7 Å². The Balaban J connectivity index is 2.05. The van der Waals surface area contributed by atoms with Crippen LogP contribution in [0.4, 0.5) is 5.69 Å². The van der Waals surface area contributed by atoms with Gasteiger partial charge in [0.05, 0.1) is 7.11 Å². The highest BCUT2D eigenvalue weighted by Crippen LogP contribution is 2.15. The number of carbonyl (C=O) groups excluding carboxylic acids is 1. The molecule has 0 bridgehead atoms. The van der Waals surface area contributed by atoms with Crippen LogP contribution >= 0.6 is 0 Å². The van der Waals surface area contributed by atoms with E-state index in [1.165, 1.54) is 0 Å². The predicted molar refractivity (Wildman–Crippen MR) is 75.3 cm³/mol. The second-order valence-electron chi connectivity index (χ2n) is 4.15. The molecule has 0 fully saturated rings. The van der Waals surface area contributed by atoms with Crippen LogP contribution < -0.4 is 15.8 Å². The lowest BCUT2D eigenvalue weighted by Crippen LogP contribution is -2.11. The van der Waals surface area contributed by atoms with Crippen molar-refractivity contribution in [2.75, 3.05) is 12.4 Å². The molecular weight excluding hydrogens is 240 g/mol. The number of benzene rings is 2. The second kappa shape index (κ2) is 5.91. The Morgan fingerprint density at radius 3 is 2.74 bits per heavy atom. The summed E-state index contributed by atoms with van der Waals surface area (Å²) in [5, 5.41) is 3.24. The average Bonchev–Trinajstić information content (AvgIpc) is 2.45. The van der Waals surface area contributed by atoms with Gasteiger partial charge in [-0.1, -0.05) is 18.2 Å². The molecule has 0 aliphatic carbocycles. The van der Waals surface area contributed by atoms with Gasteiger partial charge in [-0.15, -0.1) is 0 Å². The van der Waals surface area contributed by atoms with Gasteiger partial charge in [-0.3, -0.25) is 4.79 Å². The molecule has 98 valence electrons. The van der Waals surface area contributed by atoms with E-state index in [0.717, 1.165) is 17.0 Å². The van der Waals surface area contributed by atoms with E-state index < -0.39 is 5.91 Å². The van der Waals surface area contributed by atoms with Gasteiger partial charge in [0, 0.05) is 17.8 Å². The summed E-state index contributed by atoms with van der Waals surface area (Å²) in [4.78, 5) is 11.1. The van der Waals surface area contributed by atoms with Crippen LogP contribution in [0.2, 0.25) is 0 Å². The molecule has 3 N–H and O–H groups in total. The highest BCUT2D eigenvalue weighted by Gasteiger charge is 2.01. The molecule has 2 rings (SSSR count). The highest BCUT2D eigenvalue weighted by molar-refractivity contribution is 5.93. The fourth-order valence-corrected chi connectivity index (χ4v) is 1.77. The molecule has 0 radical (unpaired) electrons. The number of hydrogen-bond donors (Lipinski definition) is 2. The van der Waals surface area contributed by atoms with Gasteiger partial charge < -0.3 is 15.8 Å². The highest BCUT2D eigenvalue weighted by atomic mass is 16.5. The van der Waals surface area contributed by atoms with Gasteiger partial charge in [0.1, 0.15) is 5.75 Å². The number of nitrogens with one attached hydrogen (secondary N) is 1. The first-order valence-electron chi connectivity index (χ1n) is 5.96. The summed E-state index contributed by atoms with van der Waals surface area (Å²) in [7, 11) is 1.64. The van der Waals surface area contributed by atoms with Gasteiger partial charge in [0.15, 0.2) is 0 Å². The van der Waals surface area contributed by atoms with Crippen LogP contribution in [-0.4, -0.2) is 13.0 Å². The first-order chi connectivity index (χ1) is 9.19. The molecule has 0 unspecified atom stereocenters. The van der Waals surface area contributed by atoms with E-state index in [1.54, 1.807) is 25.3 Å². The smallest absolute Gasteiger partial charge is 0.248 e. The van der Waals surface area contributed by atoms with E-state index in [4.69, 9.17) is 10.5 Å². The Labute approximate surface area is 112 Å². The minimum absolute atomic E-state index is 0.426. The van der Waals surface area contributed by atoms with Crippen LogP contribution in [0, 0.1) is 0 Å². The van der Waals surface area contributed by atoms with Gasteiger partial charge in [-0.25, -0.2) is 0 Å². The van der Waals surface area contributed by atoms with E-state index in [9.17, 15) is 4.79 Å². The van der Waals surface area contributed by atoms with Crippen molar-refractivity contribution in [2.45, 2.75) is 6.54 Å². The average molecular weight is 256 g/mol. The van der Waals surface area contributed by atoms with Crippen LogP contribution in [0.15, 0.2) is 48.5 Å². The zero-order valence-corrected chi connectivity index (χ0v) is 10.7. The molecule has 2 aromatic carbocycles. The molecular formula is C15H16N2O2. The summed E-state index contributed by atoms with van der Waals surface area (Å²) in [6, 6.07) is 14.9. The van der Waals surface area contributed by atoms with Crippen molar-refractivity contribution >= 4 is 11.6 Å². The Hall–Kier alpha value is -2.49. The number of nitrogens with two attached hydrogens (primary N) is 1. The molecule has 1 amide bonds. The number of rotatable bonds is 5. The van der Waals surface area contributed by atoms with E-state index in [0.29, 0.717) is 12.1 Å². The number of primary amides is 1. The Bertz CT molecular complexity index is 582. The lowest BCUT2D eigenvalue weighted by atomic mass is 10.1. The fraction of sp³-hybridized carbons (Fsp3) is 0.133. The largest absolute Gasteiger partial charge is 0.497 e. The third kappa shape index (κ3) is 3.48. The molecule has 2 aromatic rings. The number of amides is 1. The zero-order valence-electron chi connectivity index (χ0n) is 10.7. The predicted octanol–water partition coefficient (Wildman–Crippen LogP) is 2.41. The normalized spacial score (nSPS) is 9.95. The van der Waals surface area contributed by atoms with Gasteiger partial charge in [-0.2, -0.15) is 0 Å². The van der Waals surface area contributed by atoms with Crippen molar-refractivity contribution in [3.8, 4) is 5.75 Å². The minimum Gasteiger partial charge on any atom is -0.497 e. The summed E-state index contributed by atoms with van der Waals surface area (Å²) in [5.41, 5.74) is 7.70. The van der Waals surface area contributed by atoms with Crippen LogP contribution in [0.1, 0.15) is 15.9 Å². The second-order valence-corrected chi connectivity index (χ2v) is 4.15. The van der Waals surface area contributed by atoms with Crippen LogP contribution in [0.25, 0.3) is 0 Å². The third-order valence-electron chi connectivity index (χ3n) is 2.78. The van der Waals surface area contributed by atoms with Gasteiger partial charge in [0.2, 0.25) is 5.91 Å². The molecule has 0 aromatic heterocycles. The number of anilines is 1. The van der Waals surface area contributed by atoms with Gasteiger partial charge in [0.25, 0.3) is 0 Å². The van der Waals surface area contributed by atoms with Crippen LogP contribution in [0.3, 0.4) is 0 Å². The quantitative estimate of drug-likeness (QED) is 0.863. The SMILES string of the molecule is COc1cccc(CNc2cccc(C(N)=O)c2)c1. The van der Waals surface area contributed by atoms with Crippen molar-refractivity contribution in [1.82, 2.24) is 0 Å². The first-order valence-corrected chi connectivity index (χ1v) is 5.96. The van der Waals surface area contributed by atoms with Crippen molar-refractivity contribution in [2.24, 2.45) is 5.73 Å². The van der Waals surface area contributed by atoms with Crippen LogP contribution in [0.5, 0.6) is 5.75 Å². The standard InChI is InChI=1S/C15H16N2O2/c1-19-14-7-2-4-11(8-14)10-17-13-6-3-5-12(9-13)15(16)18/h2-9,17H,10H2,1H3,(H2,16,18). The van der Waals surface area contributed by atoms with E-state index >= 15 is 0 Å². The maximum Gasteiger partial charge on any atom is 0.248 e. The van der Waals surface area contributed by atoms with Crippen LogP contribution in [-0.2, 0) is 6.54 Å². The molecule has 0 aliphatic rings. The lowest BCUT2D eigenvalue weighted by Gasteiger charge is -2.08. The molecule has 4 nitrogen and oxygen atoms in total. The van der Waals surface area contributed by atoms with Crippen molar-refractivity contribution < 1.29 is 9.53 Å². The monoisotopic (exact) mass is 256 g/mol.